The van der Waals surface area contributed by atoms with Crippen LogP contribution in [0.5, 0.6) is 0 Å². The molecule has 1 saturated heterocycles. The van der Waals surface area contributed by atoms with Gasteiger partial charge in [-0.1, -0.05) is 0 Å². The molecule has 0 spiro atoms. The summed E-state index contributed by atoms with van der Waals surface area (Å²) in [6.07, 6.45) is 5.09. The number of hydrogen-bond donors (Lipinski definition) is 0. The summed E-state index contributed by atoms with van der Waals surface area (Å²) >= 11 is 0. The number of carbonyl (C=O) groups excluding carboxylic acids is 1. The highest BCUT2D eigenvalue weighted by Gasteiger charge is 2.20. The predicted octanol–water partition coefficient (Wildman–Crippen LogP) is 1.72. The molecule has 4 nitrogen and oxygen atoms in total. The molecule has 1 fully saturated rings. The third-order valence-corrected chi connectivity index (χ3v) is 2.97. The molecule has 86 valence electrons. The van der Waals surface area contributed by atoms with Crippen LogP contribution in [0.1, 0.15) is 41.1 Å². The highest BCUT2D eigenvalue weighted by Crippen LogP contribution is 2.14. The third-order valence-electron chi connectivity index (χ3n) is 2.97. The zero-order valence-corrected chi connectivity index (χ0v) is 9.86. The number of aryl methyl sites for hydroxylation is 2. The van der Waals surface area contributed by atoms with E-state index in [0.717, 1.165) is 31.6 Å². The second-order valence-electron chi connectivity index (χ2n) is 4.27. The molecule has 0 atom stereocenters. The summed E-state index contributed by atoms with van der Waals surface area (Å²) in [6, 6.07) is 0. The number of rotatable bonds is 1. The molecule has 1 aliphatic heterocycles. The van der Waals surface area contributed by atoms with Gasteiger partial charge in [0.15, 0.2) is 0 Å². The lowest BCUT2D eigenvalue weighted by atomic mass is 10.1. The first-order chi connectivity index (χ1) is 7.68. The average Bonchev–Trinajstić information content (AvgIpc) is 2.29. The highest BCUT2D eigenvalue weighted by atomic mass is 16.2. The van der Waals surface area contributed by atoms with E-state index in [9.17, 15) is 4.79 Å². The first-order valence-electron chi connectivity index (χ1n) is 5.78. The van der Waals surface area contributed by atoms with E-state index in [4.69, 9.17) is 0 Å². The van der Waals surface area contributed by atoms with Gasteiger partial charge in [0.25, 0.3) is 5.91 Å². The van der Waals surface area contributed by atoms with Crippen molar-refractivity contribution in [2.75, 3.05) is 13.1 Å². The number of amides is 1. The Morgan fingerprint density at radius 3 is 2.56 bits per heavy atom. The Hall–Kier alpha value is -1.45. The summed E-state index contributed by atoms with van der Waals surface area (Å²) in [5, 5.41) is 0. The fourth-order valence-corrected chi connectivity index (χ4v) is 2.06. The number of hydrogen-bond acceptors (Lipinski definition) is 3. The Kier molecular flexibility index (Phi) is 3.17. The quantitative estimate of drug-likeness (QED) is 0.722. The van der Waals surface area contributed by atoms with Gasteiger partial charge in [-0.25, -0.2) is 9.97 Å². The largest absolute Gasteiger partial charge is 0.339 e. The minimum atomic E-state index is 0.0807. The molecule has 1 aromatic heterocycles. The Labute approximate surface area is 95.7 Å². The van der Waals surface area contributed by atoms with Crippen LogP contribution in [-0.2, 0) is 0 Å². The number of carbonyl (C=O) groups is 1. The lowest BCUT2D eigenvalue weighted by Crippen LogP contribution is -2.36. The number of likely N-dealkylation sites (tertiary alicyclic amines) is 1. The first kappa shape index (κ1) is 11.0. The standard InChI is InChI=1S/C12H17N3O/c1-9-11(8-13-10(2)14-9)12(16)15-6-4-3-5-7-15/h8H,3-7H2,1-2H3. The molecule has 1 amide bonds. The van der Waals surface area contributed by atoms with Gasteiger partial charge in [-0.2, -0.15) is 0 Å². The lowest BCUT2D eigenvalue weighted by molar-refractivity contribution is 0.0722. The van der Waals surface area contributed by atoms with Gasteiger partial charge >= 0.3 is 0 Å². The van der Waals surface area contributed by atoms with Crippen molar-refractivity contribution in [3.05, 3.63) is 23.3 Å². The highest BCUT2D eigenvalue weighted by molar-refractivity contribution is 5.94. The van der Waals surface area contributed by atoms with Crippen LogP contribution < -0.4 is 0 Å². The number of aromatic nitrogens is 2. The molecule has 0 unspecified atom stereocenters. The van der Waals surface area contributed by atoms with Crippen molar-refractivity contribution >= 4 is 5.91 Å². The van der Waals surface area contributed by atoms with E-state index in [1.54, 1.807) is 6.20 Å². The SMILES string of the molecule is Cc1ncc(C(=O)N2CCCCC2)c(C)n1. The molecule has 0 aliphatic carbocycles. The summed E-state index contributed by atoms with van der Waals surface area (Å²) in [6.45, 7) is 5.44. The van der Waals surface area contributed by atoms with Crippen LogP contribution in [0.2, 0.25) is 0 Å². The zero-order valence-electron chi connectivity index (χ0n) is 9.86. The van der Waals surface area contributed by atoms with E-state index >= 15 is 0 Å². The molecule has 2 rings (SSSR count). The van der Waals surface area contributed by atoms with E-state index in [-0.39, 0.29) is 5.91 Å². The second kappa shape index (κ2) is 4.60. The van der Waals surface area contributed by atoms with E-state index in [0.29, 0.717) is 11.4 Å². The summed E-state index contributed by atoms with van der Waals surface area (Å²) in [4.78, 5) is 22.4. The number of piperidine rings is 1. The van der Waals surface area contributed by atoms with Gasteiger partial charge in [-0.05, 0) is 33.1 Å². The summed E-state index contributed by atoms with van der Waals surface area (Å²) in [5.74, 6) is 0.796. The molecular weight excluding hydrogens is 202 g/mol. The van der Waals surface area contributed by atoms with E-state index in [1.165, 1.54) is 6.42 Å². The van der Waals surface area contributed by atoms with Gasteiger partial charge in [0.05, 0.1) is 11.3 Å². The first-order valence-corrected chi connectivity index (χ1v) is 5.78. The summed E-state index contributed by atoms with van der Waals surface area (Å²) in [5.41, 5.74) is 1.43. The molecule has 1 aliphatic rings. The Morgan fingerprint density at radius 1 is 1.25 bits per heavy atom. The molecule has 0 saturated carbocycles. The second-order valence-corrected chi connectivity index (χ2v) is 4.27. The fraction of sp³-hybridized carbons (Fsp3) is 0.583. The minimum Gasteiger partial charge on any atom is -0.339 e. The molecule has 2 heterocycles. The van der Waals surface area contributed by atoms with Crippen molar-refractivity contribution < 1.29 is 4.79 Å². The van der Waals surface area contributed by atoms with Crippen molar-refractivity contribution in [1.29, 1.82) is 0 Å². The zero-order chi connectivity index (χ0) is 11.5. The van der Waals surface area contributed by atoms with Crippen molar-refractivity contribution in [3.8, 4) is 0 Å². The monoisotopic (exact) mass is 219 g/mol. The van der Waals surface area contributed by atoms with Gasteiger partial charge in [0.2, 0.25) is 0 Å². The van der Waals surface area contributed by atoms with Crippen LogP contribution in [0.25, 0.3) is 0 Å². The minimum absolute atomic E-state index is 0.0807. The van der Waals surface area contributed by atoms with Gasteiger partial charge in [-0.15, -0.1) is 0 Å². The van der Waals surface area contributed by atoms with Crippen molar-refractivity contribution in [2.24, 2.45) is 0 Å². The van der Waals surface area contributed by atoms with Crippen molar-refractivity contribution in [2.45, 2.75) is 33.1 Å². The Balaban J connectivity index is 2.19. The van der Waals surface area contributed by atoms with Crippen LogP contribution in [0.15, 0.2) is 6.20 Å². The lowest BCUT2D eigenvalue weighted by Gasteiger charge is -2.26. The summed E-state index contributed by atoms with van der Waals surface area (Å²) in [7, 11) is 0. The van der Waals surface area contributed by atoms with Gasteiger partial charge < -0.3 is 4.90 Å². The third kappa shape index (κ3) is 2.21. The molecule has 16 heavy (non-hydrogen) atoms. The summed E-state index contributed by atoms with van der Waals surface area (Å²) < 4.78 is 0. The van der Waals surface area contributed by atoms with Crippen LogP contribution in [0.4, 0.5) is 0 Å². The van der Waals surface area contributed by atoms with Crippen LogP contribution in [0.3, 0.4) is 0 Å². The fourth-order valence-electron chi connectivity index (χ4n) is 2.06. The maximum Gasteiger partial charge on any atom is 0.257 e. The molecule has 1 aromatic rings. The van der Waals surface area contributed by atoms with Crippen LogP contribution in [0, 0.1) is 13.8 Å². The van der Waals surface area contributed by atoms with E-state index in [1.807, 2.05) is 18.7 Å². The number of nitrogens with zero attached hydrogens (tertiary/aromatic N) is 3. The van der Waals surface area contributed by atoms with Crippen molar-refractivity contribution in [1.82, 2.24) is 14.9 Å². The van der Waals surface area contributed by atoms with Crippen LogP contribution >= 0.6 is 0 Å². The van der Waals surface area contributed by atoms with Gasteiger partial charge in [0.1, 0.15) is 5.82 Å². The maximum absolute atomic E-state index is 12.2. The molecule has 4 heteroatoms. The van der Waals surface area contributed by atoms with E-state index in [2.05, 4.69) is 9.97 Å². The van der Waals surface area contributed by atoms with Crippen LogP contribution in [-0.4, -0.2) is 33.9 Å². The average molecular weight is 219 g/mol. The smallest absolute Gasteiger partial charge is 0.257 e. The predicted molar refractivity (Wildman–Crippen MR) is 61.3 cm³/mol. The molecule has 0 N–H and O–H groups in total. The van der Waals surface area contributed by atoms with Crippen molar-refractivity contribution in [3.63, 3.8) is 0 Å². The topological polar surface area (TPSA) is 46.1 Å². The molecule has 0 aromatic carbocycles. The van der Waals surface area contributed by atoms with Gasteiger partial charge in [0, 0.05) is 19.3 Å². The maximum atomic E-state index is 12.2. The molecular formula is C12H17N3O. The Morgan fingerprint density at radius 2 is 1.94 bits per heavy atom. The van der Waals surface area contributed by atoms with Gasteiger partial charge in [-0.3, -0.25) is 4.79 Å². The van der Waals surface area contributed by atoms with E-state index < -0.39 is 0 Å². The molecule has 0 bridgehead atoms. The normalized spacial score (nSPS) is 16.2. The molecule has 0 radical (unpaired) electrons. The Bertz CT molecular complexity index is 397.